The van der Waals surface area contributed by atoms with Gasteiger partial charge in [-0.1, -0.05) is 12.1 Å². The zero-order chi connectivity index (χ0) is 13.8. The van der Waals surface area contributed by atoms with Crippen LogP contribution in [0.15, 0.2) is 18.2 Å². The van der Waals surface area contributed by atoms with Crippen molar-refractivity contribution in [2.45, 2.75) is 32.4 Å². The summed E-state index contributed by atoms with van der Waals surface area (Å²) in [5, 5.41) is 21.8. The largest absolute Gasteiger partial charge is 0.496 e. The van der Waals surface area contributed by atoms with Crippen LogP contribution in [0, 0.1) is 6.92 Å². The number of hydrogen-bond donors (Lipinski definition) is 3. The summed E-state index contributed by atoms with van der Waals surface area (Å²) in [6, 6.07) is 5.97. The van der Waals surface area contributed by atoms with Crippen LogP contribution in [0.4, 0.5) is 0 Å². The topological polar surface area (TPSA) is 61.7 Å². The molecule has 1 atom stereocenters. The van der Waals surface area contributed by atoms with Crippen LogP contribution in [0.25, 0.3) is 0 Å². The normalized spacial score (nSPS) is 13.4. The van der Waals surface area contributed by atoms with Crippen molar-refractivity contribution >= 4 is 0 Å². The second-order valence-electron chi connectivity index (χ2n) is 4.99. The fourth-order valence-electron chi connectivity index (χ4n) is 1.92. The molecular weight excluding hydrogens is 230 g/mol. The van der Waals surface area contributed by atoms with E-state index < -0.39 is 5.54 Å². The summed E-state index contributed by atoms with van der Waals surface area (Å²) < 4.78 is 5.36. The van der Waals surface area contributed by atoms with Gasteiger partial charge in [-0.15, -0.1) is 0 Å². The zero-order valence-corrected chi connectivity index (χ0v) is 11.5. The van der Waals surface area contributed by atoms with Gasteiger partial charge in [0.05, 0.1) is 25.9 Å². The Hall–Kier alpha value is -1.10. The van der Waals surface area contributed by atoms with Crippen LogP contribution in [-0.4, -0.2) is 36.1 Å². The molecule has 0 fully saturated rings. The van der Waals surface area contributed by atoms with E-state index in [1.165, 1.54) is 0 Å². The predicted octanol–water partition coefficient (Wildman–Crippen LogP) is 1.40. The zero-order valence-electron chi connectivity index (χ0n) is 11.5. The maximum Gasteiger partial charge on any atom is 0.123 e. The number of nitrogens with one attached hydrogen (secondary N) is 1. The number of benzene rings is 1. The Morgan fingerprint density at radius 3 is 2.44 bits per heavy atom. The van der Waals surface area contributed by atoms with Crippen LogP contribution in [-0.2, 0) is 0 Å². The standard InChI is InChI=1S/C14H23NO3/c1-10-5-6-12(13(7-10)18-4)11(2)15-14(3,8-16)9-17/h5-7,11,15-17H,8-9H2,1-4H3. The van der Waals surface area contributed by atoms with Crippen molar-refractivity contribution < 1.29 is 14.9 Å². The third-order valence-corrected chi connectivity index (χ3v) is 3.12. The number of ether oxygens (including phenoxy) is 1. The third-order valence-electron chi connectivity index (χ3n) is 3.12. The van der Waals surface area contributed by atoms with Gasteiger partial charge in [-0.2, -0.15) is 0 Å². The number of methoxy groups -OCH3 is 1. The monoisotopic (exact) mass is 253 g/mol. The van der Waals surface area contributed by atoms with Gasteiger partial charge in [-0.05, 0) is 32.4 Å². The molecular formula is C14H23NO3. The van der Waals surface area contributed by atoms with E-state index in [9.17, 15) is 10.2 Å². The molecule has 1 rings (SSSR count). The molecule has 0 heterocycles. The molecule has 0 bridgehead atoms. The van der Waals surface area contributed by atoms with Crippen molar-refractivity contribution in [2.75, 3.05) is 20.3 Å². The van der Waals surface area contributed by atoms with Gasteiger partial charge < -0.3 is 20.3 Å². The van der Waals surface area contributed by atoms with E-state index in [0.717, 1.165) is 16.9 Å². The van der Waals surface area contributed by atoms with Crippen molar-refractivity contribution in [3.63, 3.8) is 0 Å². The summed E-state index contributed by atoms with van der Waals surface area (Å²) in [5.41, 5.74) is 1.45. The molecule has 0 aromatic heterocycles. The molecule has 0 saturated carbocycles. The van der Waals surface area contributed by atoms with E-state index in [4.69, 9.17) is 4.74 Å². The fourth-order valence-corrected chi connectivity index (χ4v) is 1.92. The second-order valence-corrected chi connectivity index (χ2v) is 4.99. The minimum Gasteiger partial charge on any atom is -0.496 e. The molecule has 4 nitrogen and oxygen atoms in total. The van der Waals surface area contributed by atoms with E-state index in [-0.39, 0.29) is 19.3 Å². The first-order valence-corrected chi connectivity index (χ1v) is 6.09. The van der Waals surface area contributed by atoms with Crippen LogP contribution in [0.5, 0.6) is 5.75 Å². The van der Waals surface area contributed by atoms with Crippen LogP contribution in [0.2, 0.25) is 0 Å². The quantitative estimate of drug-likeness (QED) is 0.717. The number of aliphatic hydroxyl groups is 2. The lowest BCUT2D eigenvalue weighted by atomic mass is 9.99. The lowest BCUT2D eigenvalue weighted by molar-refractivity contribution is 0.0954. The van der Waals surface area contributed by atoms with E-state index in [1.54, 1.807) is 14.0 Å². The highest BCUT2D eigenvalue weighted by atomic mass is 16.5. The summed E-state index contributed by atoms with van der Waals surface area (Å²) in [7, 11) is 1.64. The van der Waals surface area contributed by atoms with E-state index in [2.05, 4.69) is 5.32 Å². The third kappa shape index (κ3) is 3.45. The van der Waals surface area contributed by atoms with E-state index in [0.29, 0.717) is 0 Å². The lowest BCUT2D eigenvalue weighted by Gasteiger charge is -2.31. The first kappa shape index (κ1) is 15.0. The summed E-state index contributed by atoms with van der Waals surface area (Å²) in [4.78, 5) is 0. The molecule has 0 radical (unpaired) electrons. The van der Waals surface area contributed by atoms with Gasteiger partial charge in [-0.25, -0.2) is 0 Å². The summed E-state index contributed by atoms with van der Waals surface area (Å²) in [6.45, 7) is 5.53. The molecule has 0 aliphatic carbocycles. The van der Waals surface area contributed by atoms with Crippen molar-refractivity contribution in [3.05, 3.63) is 29.3 Å². The van der Waals surface area contributed by atoms with Gasteiger partial charge in [0.1, 0.15) is 5.75 Å². The average molecular weight is 253 g/mol. The lowest BCUT2D eigenvalue weighted by Crippen LogP contribution is -2.49. The molecule has 0 spiro atoms. The molecule has 0 aliphatic heterocycles. The highest BCUT2D eigenvalue weighted by Crippen LogP contribution is 2.27. The Morgan fingerprint density at radius 2 is 1.94 bits per heavy atom. The van der Waals surface area contributed by atoms with Gasteiger partial charge in [0.15, 0.2) is 0 Å². The first-order valence-electron chi connectivity index (χ1n) is 6.09. The maximum absolute atomic E-state index is 9.30. The van der Waals surface area contributed by atoms with Crippen molar-refractivity contribution in [1.29, 1.82) is 0 Å². The molecule has 0 saturated heterocycles. The molecule has 18 heavy (non-hydrogen) atoms. The Morgan fingerprint density at radius 1 is 1.33 bits per heavy atom. The van der Waals surface area contributed by atoms with Crippen LogP contribution < -0.4 is 10.1 Å². The second kappa shape index (κ2) is 6.18. The summed E-state index contributed by atoms with van der Waals surface area (Å²) in [6.07, 6.45) is 0. The summed E-state index contributed by atoms with van der Waals surface area (Å²) >= 11 is 0. The minimum atomic E-state index is -0.699. The van der Waals surface area contributed by atoms with Crippen molar-refractivity contribution in [2.24, 2.45) is 0 Å². The minimum absolute atomic E-state index is 0.0233. The Labute approximate surface area is 109 Å². The SMILES string of the molecule is COc1cc(C)ccc1C(C)NC(C)(CO)CO. The highest BCUT2D eigenvalue weighted by Gasteiger charge is 2.25. The molecule has 1 unspecified atom stereocenters. The highest BCUT2D eigenvalue weighted by molar-refractivity contribution is 5.39. The van der Waals surface area contributed by atoms with Gasteiger partial charge >= 0.3 is 0 Å². The Bertz CT molecular complexity index is 389. The van der Waals surface area contributed by atoms with Gasteiger partial charge in [0.2, 0.25) is 0 Å². The fraction of sp³-hybridized carbons (Fsp3) is 0.571. The summed E-state index contributed by atoms with van der Waals surface area (Å²) in [5.74, 6) is 0.813. The molecule has 1 aromatic rings. The number of hydrogen-bond acceptors (Lipinski definition) is 4. The van der Waals surface area contributed by atoms with Gasteiger partial charge in [0, 0.05) is 11.6 Å². The van der Waals surface area contributed by atoms with Crippen molar-refractivity contribution in [3.8, 4) is 5.75 Å². The molecule has 0 amide bonds. The van der Waals surface area contributed by atoms with Crippen LogP contribution in [0.3, 0.4) is 0 Å². The number of aliphatic hydroxyl groups excluding tert-OH is 2. The smallest absolute Gasteiger partial charge is 0.123 e. The van der Waals surface area contributed by atoms with Crippen LogP contribution >= 0.6 is 0 Å². The van der Waals surface area contributed by atoms with Gasteiger partial charge in [-0.3, -0.25) is 0 Å². The molecule has 1 aromatic carbocycles. The van der Waals surface area contributed by atoms with Gasteiger partial charge in [0.25, 0.3) is 0 Å². The molecule has 4 heteroatoms. The average Bonchev–Trinajstić information content (AvgIpc) is 2.38. The Balaban J connectivity index is 2.93. The van der Waals surface area contributed by atoms with E-state index in [1.807, 2.05) is 32.0 Å². The molecule has 0 aliphatic rings. The van der Waals surface area contributed by atoms with E-state index >= 15 is 0 Å². The van der Waals surface area contributed by atoms with Crippen molar-refractivity contribution in [1.82, 2.24) is 5.32 Å². The number of aryl methyl sites for hydroxylation is 1. The predicted molar refractivity (Wildman–Crippen MR) is 71.9 cm³/mol. The molecule has 3 N–H and O–H groups in total. The first-order chi connectivity index (χ1) is 8.45. The molecule has 102 valence electrons. The maximum atomic E-state index is 9.30. The number of rotatable bonds is 6. The van der Waals surface area contributed by atoms with Crippen LogP contribution in [0.1, 0.15) is 31.0 Å². The Kier molecular flexibility index (Phi) is 5.14.